The molecule has 3 aromatic rings. The number of ether oxygens (including phenoxy) is 1. The molecule has 0 radical (unpaired) electrons. The average molecular weight is 333 g/mol. The monoisotopic (exact) mass is 332 g/mol. The van der Waals surface area contributed by atoms with Crippen LogP contribution in [0.5, 0.6) is 5.88 Å². The summed E-state index contributed by atoms with van der Waals surface area (Å²) in [4.78, 5) is 8.47. The van der Waals surface area contributed by atoms with E-state index < -0.39 is 0 Å². The van der Waals surface area contributed by atoms with Crippen molar-refractivity contribution in [3.8, 4) is 5.88 Å². The van der Waals surface area contributed by atoms with Crippen LogP contribution in [0.15, 0.2) is 41.0 Å². The molecular weight excluding hydrogens is 320 g/mol. The summed E-state index contributed by atoms with van der Waals surface area (Å²) in [6.45, 7) is 0.623. The Morgan fingerprint density at radius 3 is 2.95 bits per heavy atom. The summed E-state index contributed by atoms with van der Waals surface area (Å²) in [6.07, 6.45) is 1.72. The number of nitrogen functional groups attached to an aromatic ring is 1. The fourth-order valence-electron chi connectivity index (χ4n) is 2.12. The standard InChI is InChI=1S/C14H13BrN4O/c1-20-13-6-9(4-5-17-13)8-19-12-7-10(15)2-3-11(12)18-14(19)16/h2-7H,8H2,1H3,(H2,16,18). The van der Waals surface area contributed by atoms with E-state index in [4.69, 9.17) is 10.5 Å². The van der Waals surface area contributed by atoms with E-state index in [9.17, 15) is 0 Å². The highest BCUT2D eigenvalue weighted by molar-refractivity contribution is 9.10. The van der Waals surface area contributed by atoms with Crippen LogP contribution < -0.4 is 10.5 Å². The molecule has 5 nitrogen and oxygen atoms in total. The van der Waals surface area contributed by atoms with Crippen LogP contribution in [-0.4, -0.2) is 21.6 Å². The van der Waals surface area contributed by atoms with Crippen molar-refractivity contribution in [2.24, 2.45) is 0 Å². The molecule has 2 aromatic heterocycles. The van der Waals surface area contributed by atoms with Gasteiger partial charge in [0.25, 0.3) is 0 Å². The van der Waals surface area contributed by atoms with Crippen LogP contribution in [0.4, 0.5) is 5.95 Å². The first-order valence-electron chi connectivity index (χ1n) is 6.07. The molecule has 0 spiro atoms. The Bertz CT molecular complexity index is 769. The number of nitrogens with two attached hydrogens (primary N) is 1. The van der Waals surface area contributed by atoms with E-state index in [1.807, 2.05) is 34.9 Å². The smallest absolute Gasteiger partial charge is 0.213 e. The van der Waals surface area contributed by atoms with Crippen LogP contribution in [0.25, 0.3) is 11.0 Å². The molecule has 0 saturated carbocycles. The van der Waals surface area contributed by atoms with Gasteiger partial charge in [-0.3, -0.25) is 0 Å². The lowest BCUT2D eigenvalue weighted by Crippen LogP contribution is -2.05. The number of rotatable bonds is 3. The minimum absolute atomic E-state index is 0.494. The summed E-state index contributed by atoms with van der Waals surface area (Å²) in [6, 6.07) is 9.74. The van der Waals surface area contributed by atoms with Crippen LogP contribution in [0.3, 0.4) is 0 Å². The van der Waals surface area contributed by atoms with Crippen LogP contribution in [0, 0.1) is 0 Å². The number of anilines is 1. The largest absolute Gasteiger partial charge is 0.481 e. The molecule has 0 aliphatic rings. The number of hydrogen-bond donors (Lipinski definition) is 1. The van der Waals surface area contributed by atoms with Crippen molar-refractivity contribution in [3.05, 3.63) is 46.6 Å². The van der Waals surface area contributed by atoms with E-state index >= 15 is 0 Å². The van der Waals surface area contributed by atoms with Crippen LogP contribution in [0.2, 0.25) is 0 Å². The lowest BCUT2D eigenvalue weighted by Gasteiger charge is -2.08. The summed E-state index contributed by atoms with van der Waals surface area (Å²) in [5.41, 5.74) is 8.94. The minimum Gasteiger partial charge on any atom is -0.481 e. The van der Waals surface area contributed by atoms with E-state index in [2.05, 4.69) is 25.9 Å². The van der Waals surface area contributed by atoms with Crippen molar-refractivity contribution in [1.29, 1.82) is 0 Å². The number of methoxy groups -OCH3 is 1. The molecule has 20 heavy (non-hydrogen) atoms. The van der Waals surface area contributed by atoms with Gasteiger partial charge in [0.1, 0.15) is 0 Å². The van der Waals surface area contributed by atoms with E-state index in [0.29, 0.717) is 18.4 Å². The number of fused-ring (bicyclic) bond motifs is 1. The molecule has 2 heterocycles. The Kier molecular flexibility index (Phi) is 3.31. The minimum atomic E-state index is 0.494. The van der Waals surface area contributed by atoms with Crippen molar-refractivity contribution in [1.82, 2.24) is 14.5 Å². The maximum Gasteiger partial charge on any atom is 0.213 e. The van der Waals surface area contributed by atoms with E-state index in [-0.39, 0.29) is 0 Å². The molecule has 0 aliphatic carbocycles. The Labute approximate surface area is 124 Å². The molecule has 0 bridgehead atoms. The van der Waals surface area contributed by atoms with Gasteiger partial charge in [0.2, 0.25) is 11.8 Å². The number of imidazole rings is 1. The van der Waals surface area contributed by atoms with Gasteiger partial charge >= 0.3 is 0 Å². The molecule has 2 N–H and O–H groups in total. The predicted molar refractivity (Wildman–Crippen MR) is 81.7 cm³/mol. The highest BCUT2D eigenvalue weighted by Gasteiger charge is 2.09. The third-order valence-corrected chi connectivity index (χ3v) is 3.58. The molecule has 0 saturated heterocycles. The Morgan fingerprint density at radius 1 is 1.30 bits per heavy atom. The van der Waals surface area contributed by atoms with E-state index in [0.717, 1.165) is 21.1 Å². The van der Waals surface area contributed by atoms with Gasteiger partial charge in [0.15, 0.2) is 0 Å². The maximum absolute atomic E-state index is 6.01. The summed E-state index contributed by atoms with van der Waals surface area (Å²) in [7, 11) is 1.60. The molecule has 0 atom stereocenters. The topological polar surface area (TPSA) is 66.0 Å². The van der Waals surface area contributed by atoms with Gasteiger partial charge in [0.05, 0.1) is 24.7 Å². The lowest BCUT2D eigenvalue weighted by molar-refractivity contribution is 0.397. The summed E-state index contributed by atoms with van der Waals surface area (Å²) in [5, 5.41) is 0. The van der Waals surface area contributed by atoms with Crippen molar-refractivity contribution in [3.63, 3.8) is 0 Å². The average Bonchev–Trinajstić information content (AvgIpc) is 2.75. The van der Waals surface area contributed by atoms with Gasteiger partial charge in [-0.2, -0.15) is 0 Å². The second-order valence-corrected chi connectivity index (χ2v) is 5.31. The molecule has 6 heteroatoms. The Morgan fingerprint density at radius 2 is 2.15 bits per heavy atom. The molecule has 0 fully saturated rings. The highest BCUT2D eigenvalue weighted by atomic mass is 79.9. The lowest BCUT2D eigenvalue weighted by atomic mass is 10.2. The first kappa shape index (κ1) is 12.9. The van der Waals surface area contributed by atoms with Gasteiger partial charge in [-0.1, -0.05) is 15.9 Å². The van der Waals surface area contributed by atoms with Gasteiger partial charge in [-0.15, -0.1) is 0 Å². The number of nitrogens with zero attached hydrogens (tertiary/aromatic N) is 3. The van der Waals surface area contributed by atoms with Crippen molar-refractivity contribution < 1.29 is 4.74 Å². The van der Waals surface area contributed by atoms with E-state index in [1.165, 1.54) is 0 Å². The molecule has 102 valence electrons. The van der Waals surface area contributed by atoms with Crippen LogP contribution in [-0.2, 0) is 6.54 Å². The van der Waals surface area contributed by atoms with Gasteiger partial charge < -0.3 is 15.0 Å². The summed E-state index contributed by atoms with van der Waals surface area (Å²) >= 11 is 3.47. The number of hydrogen-bond acceptors (Lipinski definition) is 4. The molecule has 1 aromatic carbocycles. The first-order valence-corrected chi connectivity index (χ1v) is 6.87. The van der Waals surface area contributed by atoms with Gasteiger partial charge in [-0.05, 0) is 29.8 Å². The maximum atomic E-state index is 6.01. The van der Waals surface area contributed by atoms with Crippen molar-refractivity contribution >= 4 is 32.9 Å². The molecule has 3 rings (SSSR count). The second kappa shape index (κ2) is 5.13. The molecular formula is C14H13BrN4O. The molecule has 0 aliphatic heterocycles. The van der Waals surface area contributed by atoms with Crippen LogP contribution in [0.1, 0.15) is 5.56 Å². The normalized spacial score (nSPS) is 10.9. The predicted octanol–water partition coefficient (Wildman–Crippen LogP) is 2.83. The van der Waals surface area contributed by atoms with Gasteiger partial charge in [-0.25, -0.2) is 9.97 Å². The quantitative estimate of drug-likeness (QED) is 0.800. The van der Waals surface area contributed by atoms with Crippen LogP contribution >= 0.6 is 15.9 Å². The molecule has 0 amide bonds. The zero-order valence-corrected chi connectivity index (χ0v) is 12.5. The van der Waals surface area contributed by atoms with Crippen molar-refractivity contribution in [2.45, 2.75) is 6.54 Å². The Hall–Kier alpha value is -2.08. The first-order chi connectivity index (χ1) is 9.67. The number of pyridine rings is 1. The SMILES string of the molecule is COc1cc(Cn2c(N)nc3ccc(Br)cc32)ccn1. The third kappa shape index (κ3) is 2.34. The second-order valence-electron chi connectivity index (χ2n) is 4.40. The highest BCUT2D eigenvalue weighted by Crippen LogP contribution is 2.23. The Balaban J connectivity index is 2.05. The van der Waals surface area contributed by atoms with Gasteiger partial charge in [0, 0.05) is 16.7 Å². The number of aromatic nitrogens is 3. The van der Waals surface area contributed by atoms with E-state index in [1.54, 1.807) is 13.3 Å². The third-order valence-electron chi connectivity index (χ3n) is 3.09. The fourth-order valence-corrected chi connectivity index (χ4v) is 2.47. The zero-order chi connectivity index (χ0) is 14.1. The van der Waals surface area contributed by atoms with Crippen molar-refractivity contribution in [2.75, 3.05) is 12.8 Å². The summed E-state index contributed by atoms with van der Waals surface area (Å²) in [5.74, 6) is 1.08. The fraction of sp³-hybridized carbons (Fsp3) is 0.143. The number of benzene rings is 1. The number of halogens is 1. The molecule has 0 unspecified atom stereocenters. The summed E-state index contributed by atoms with van der Waals surface area (Å²) < 4.78 is 8.10. The zero-order valence-electron chi connectivity index (χ0n) is 10.9.